The average Bonchev–Trinajstić information content (AvgIpc) is 3.12. The highest BCUT2D eigenvalue weighted by Gasteiger charge is 2.41. The van der Waals surface area contributed by atoms with E-state index in [2.05, 4.69) is 24.1 Å². The maximum atomic E-state index is 5.79. The molecule has 110 valence electrons. The van der Waals surface area contributed by atoms with Crippen molar-refractivity contribution in [2.45, 2.75) is 70.1 Å². The first-order valence-electron chi connectivity index (χ1n) is 8.31. The summed E-state index contributed by atoms with van der Waals surface area (Å²) in [6, 6.07) is 0.793. The number of ether oxygens (including phenoxy) is 1. The topological polar surface area (TPSA) is 24.5 Å². The number of nitrogens with zero attached hydrogens (tertiary/aromatic N) is 1. The Bertz CT molecular complexity index is 299. The lowest BCUT2D eigenvalue weighted by Crippen LogP contribution is -2.63. The molecule has 2 aliphatic heterocycles. The summed E-state index contributed by atoms with van der Waals surface area (Å²) >= 11 is 0. The number of rotatable bonds is 5. The molecule has 1 saturated carbocycles. The van der Waals surface area contributed by atoms with E-state index in [-0.39, 0.29) is 0 Å². The van der Waals surface area contributed by atoms with Crippen molar-refractivity contribution in [2.24, 2.45) is 5.92 Å². The van der Waals surface area contributed by atoms with E-state index in [1.165, 1.54) is 58.2 Å². The van der Waals surface area contributed by atoms with Gasteiger partial charge in [0.1, 0.15) is 0 Å². The summed E-state index contributed by atoms with van der Waals surface area (Å²) in [4.78, 5) is 2.78. The Hall–Kier alpha value is -0.120. The lowest BCUT2D eigenvalue weighted by atomic mass is 9.92. The fourth-order valence-corrected chi connectivity index (χ4v) is 3.71. The molecule has 3 rings (SSSR count). The van der Waals surface area contributed by atoms with E-state index in [1.54, 1.807) is 0 Å². The molecule has 3 atom stereocenters. The zero-order chi connectivity index (χ0) is 13.3. The van der Waals surface area contributed by atoms with Crippen LogP contribution in [0.4, 0.5) is 0 Å². The number of hydrogen-bond acceptors (Lipinski definition) is 3. The Balaban J connectivity index is 1.56. The van der Waals surface area contributed by atoms with Crippen molar-refractivity contribution in [3.63, 3.8) is 0 Å². The van der Waals surface area contributed by atoms with Gasteiger partial charge in [-0.15, -0.1) is 0 Å². The van der Waals surface area contributed by atoms with Crippen LogP contribution in [0, 0.1) is 5.92 Å². The summed E-state index contributed by atoms with van der Waals surface area (Å²) in [7, 11) is 0. The molecule has 0 amide bonds. The van der Waals surface area contributed by atoms with Gasteiger partial charge in [0.25, 0.3) is 0 Å². The first-order valence-corrected chi connectivity index (χ1v) is 8.31. The monoisotopic (exact) mass is 266 g/mol. The minimum atomic E-state index is 0.321. The zero-order valence-electron chi connectivity index (χ0n) is 12.7. The summed E-state index contributed by atoms with van der Waals surface area (Å²) < 4.78 is 5.79. The van der Waals surface area contributed by atoms with Gasteiger partial charge in [0.05, 0.1) is 6.10 Å². The van der Waals surface area contributed by atoms with Crippen molar-refractivity contribution in [3.8, 4) is 0 Å². The molecule has 19 heavy (non-hydrogen) atoms. The first-order chi connectivity index (χ1) is 9.20. The summed E-state index contributed by atoms with van der Waals surface area (Å²) in [6.07, 6.45) is 8.46. The van der Waals surface area contributed by atoms with Gasteiger partial charge < -0.3 is 10.1 Å². The molecule has 1 N–H and O–H groups in total. The standard InChI is InChI=1S/C16H30N2O/c1-3-16(2)12-18(9-8-14-5-4-10-19-14)15(11-17-16)13-6-7-13/h13-15,17H,3-12H2,1-2H3. The maximum absolute atomic E-state index is 5.79. The van der Waals surface area contributed by atoms with Crippen LogP contribution in [0.15, 0.2) is 0 Å². The second-order valence-corrected chi connectivity index (χ2v) is 7.09. The first kappa shape index (κ1) is 13.8. The normalized spacial score (nSPS) is 40.7. The lowest BCUT2D eigenvalue weighted by molar-refractivity contribution is 0.0455. The second kappa shape index (κ2) is 5.71. The molecule has 0 aromatic rings. The van der Waals surface area contributed by atoms with E-state index >= 15 is 0 Å². The third kappa shape index (κ3) is 3.32. The fraction of sp³-hybridized carbons (Fsp3) is 1.00. The van der Waals surface area contributed by atoms with E-state index in [9.17, 15) is 0 Å². The molecule has 0 radical (unpaired) electrons. The van der Waals surface area contributed by atoms with Gasteiger partial charge in [-0.3, -0.25) is 4.90 Å². The Morgan fingerprint density at radius 1 is 1.32 bits per heavy atom. The molecule has 1 aliphatic carbocycles. The van der Waals surface area contributed by atoms with Gasteiger partial charge in [-0.1, -0.05) is 6.92 Å². The average molecular weight is 266 g/mol. The molecule has 0 aromatic heterocycles. The predicted octanol–water partition coefficient (Wildman–Crippen LogP) is 2.41. The molecule has 0 bridgehead atoms. The Kier molecular flexibility index (Phi) is 4.16. The quantitative estimate of drug-likeness (QED) is 0.827. The van der Waals surface area contributed by atoms with Crippen LogP contribution in [-0.4, -0.2) is 48.8 Å². The van der Waals surface area contributed by atoms with Crippen LogP contribution in [-0.2, 0) is 4.74 Å². The van der Waals surface area contributed by atoms with E-state index in [0.29, 0.717) is 11.6 Å². The van der Waals surface area contributed by atoms with Crippen molar-refractivity contribution >= 4 is 0 Å². The molecule has 3 fully saturated rings. The van der Waals surface area contributed by atoms with Gasteiger partial charge in [0, 0.05) is 37.8 Å². The number of piperazine rings is 1. The molecule has 0 aromatic carbocycles. The van der Waals surface area contributed by atoms with Gasteiger partial charge in [-0.05, 0) is 51.4 Å². The highest BCUT2D eigenvalue weighted by atomic mass is 16.5. The Labute approximate surface area is 118 Å². The van der Waals surface area contributed by atoms with Crippen LogP contribution < -0.4 is 5.32 Å². The summed E-state index contributed by atoms with van der Waals surface area (Å²) in [5.41, 5.74) is 0.321. The Morgan fingerprint density at radius 3 is 2.79 bits per heavy atom. The third-order valence-corrected chi connectivity index (χ3v) is 5.47. The minimum absolute atomic E-state index is 0.321. The van der Waals surface area contributed by atoms with Gasteiger partial charge in [-0.2, -0.15) is 0 Å². The van der Waals surface area contributed by atoms with Gasteiger partial charge in [0.15, 0.2) is 0 Å². The van der Waals surface area contributed by atoms with Crippen molar-refractivity contribution in [2.75, 3.05) is 26.2 Å². The van der Waals surface area contributed by atoms with Gasteiger partial charge >= 0.3 is 0 Å². The highest BCUT2D eigenvalue weighted by molar-refractivity contribution is 4.99. The molecule has 2 saturated heterocycles. The van der Waals surface area contributed by atoms with Crippen LogP contribution in [0.25, 0.3) is 0 Å². The van der Waals surface area contributed by atoms with E-state index in [4.69, 9.17) is 4.74 Å². The zero-order valence-corrected chi connectivity index (χ0v) is 12.7. The third-order valence-electron chi connectivity index (χ3n) is 5.47. The van der Waals surface area contributed by atoms with Gasteiger partial charge in [0.2, 0.25) is 0 Å². The molecule has 3 nitrogen and oxygen atoms in total. The molecule has 0 spiro atoms. The molecular weight excluding hydrogens is 236 g/mol. The highest BCUT2D eigenvalue weighted by Crippen LogP contribution is 2.37. The minimum Gasteiger partial charge on any atom is -0.378 e. The van der Waals surface area contributed by atoms with Crippen molar-refractivity contribution < 1.29 is 4.74 Å². The molecule has 3 heteroatoms. The smallest absolute Gasteiger partial charge is 0.0588 e. The largest absolute Gasteiger partial charge is 0.378 e. The van der Waals surface area contributed by atoms with Crippen LogP contribution in [0.1, 0.15) is 52.4 Å². The van der Waals surface area contributed by atoms with E-state index < -0.39 is 0 Å². The summed E-state index contributed by atoms with van der Waals surface area (Å²) in [5.74, 6) is 0.971. The van der Waals surface area contributed by atoms with Gasteiger partial charge in [-0.25, -0.2) is 0 Å². The van der Waals surface area contributed by atoms with Crippen LogP contribution in [0.2, 0.25) is 0 Å². The van der Waals surface area contributed by atoms with Crippen LogP contribution in [0.3, 0.4) is 0 Å². The van der Waals surface area contributed by atoms with Crippen molar-refractivity contribution in [3.05, 3.63) is 0 Å². The molecular formula is C16H30N2O. The summed E-state index contributed by atoms with van der Waals surface area (Å²) in [5, 5.41) is 3.80. The van der Waals surface area contributed by atoms with Crippen LogP contribution in [0.5, 0.6) is 0 Å². The van der Waals surface area contributed by atoms with Crippen molar-refractivity contribution in [1.29, 1.82) is 0 Å². The van der Waals surface area contributed by atoms with Crippen molar-refractivity contribution in [1.82, 2.24) is 10.2 Å². The SMILES string of the molecule is CCC1(C)CN(CCC2CCCO2)C(C2CC2)CN1. The number of hydrogen-bond donors (Lipinski definition) is 1. The predicted molar refractivity (Wildman–Crippen MR) is 78.4 cm³/mol. The van der Waals surface area contributed by atoms with E-state index in [0.717, 1.165) is 18.6 Å². The van der Waals surface area contributed by atoms with Crippen LogP contribution >= 0.6 is 0 Å². The van der Waals surface area contributed by atoms with E-state index in [1.807, 2.05) is 0 Å². The Morgan fingerprint density at radius 2 is 2.16 bits per heavy atom. The summed E-state index contributed by atoms with van der Waals surface area (Å²) in [6.45, 7) is 9.34. The fourth-order valence-electron chi connectivity index (χ4n) is 3.71. The molecule has 3 aliphatic rings. The molecule has 2 heterocycles. The second-order valence-electron chi connectivity index (χ2n) is 7.09. The lowest BCUT2D eigenvalue weighted by Gasteiger charge is -2.46. The maximum Gasteiger partial charge on any atom is 0.0588 e. The number of nitrogens with one attached hydrogen (secondary N) is 1. The molecule has 3 unspecified atom stereocenters.